The number of nitrogens with zero attached hydrogens (tertiary/aromatic N) is 4. The largest absolute Gasteiger partial charge is 0.241 e. The summed E-state index contributed by atoms with van der Waals surface area (Å²) in [6, 6.07) is 8.07. The first-order valence-electron chi connectivity index (χ1n) is 6.34. The van der Waals surface area contributed by atoms with Gasteiger partial charge in [0.2, 0.25) is 0 Å². The van der Waals surface area contributed by atoms with Gasteiger partial charge in [-0.2, -0.15) is 0 Å². The van der Waals surface area contributed by atoms with Crippen LogP contribution in [0.3, 0.4) is 0 Å². The first-order chi connectivity index (χ1) is 9.54. The highest BCUT2D eigenvalue weighted by atomic mass is 32.1. The number of H-pyrrole nitrogens is 1. The van der Waals surface area contributed by atoms with E-state index in [0.29, 0.717) is 5.82 Å². The summed E-state index contributed by atoms with van der Waals surface area (Å²) >= 11 is 1.70. The van der Waals surface area contributed by atoms with E-state index in [4.69, 9.17) is 4.98 Å². The third-order valence-corrected chi connectivity index (χ3v) is 4.21. The second-order valence-corrected chi connectivity index (χ2v) is 6.47. The van der Waals surface area contributed by atoms with E-state index in [2.05, 4.69) is 46.8 Å². The van der Waals surface area contributed by atoms with Crippen molar-refractivity contribution < 1.29 is 0 Å². The lowest BCUT2D eigenvalue weighted by molar-refractivity contribution is 0.586. The van der Waals surface area contributed by atoms with E-state index in [1.54, 1.807) is 11.3 Å². The van der Waals surface area contributed by atoms with Crippen LogP contribution in [0, 0.1) is 0 Å². The predicted molar refractivity (Wildman–Crippen MR) is 79.4 cm³/mol. The molecule has 5 nitrogen and oxygen atoms in total. The van der Waals surface area contributed by atoms with Gasteiger partial charge >= 0.3 is 0 Å². The van der Waals surface area contributed by atoms with Crippen LogP contribution in [0.1, 0.15) is 25.8 Å². The Labute approximate surface area is 121 Å². The molecule has 0 saturated carbocycles. The molecule has 3 rings (SSSR count). The molecule has 3 aromatic rings. The summed E-state index contributed by atoms with van der Waals surface area (Å²) < 4.78 is 0. The van der Waals surface area contributed by atoms with Crippen LogP contribution in [-0.4, -0.2) is 25.6 Å². The quantitative estimate of drug-likeness (QED) is 0.784. The van der Waals surface area contributed by atoms with Crippen molar-refractivity contribution in [2.45, 2.75) is 26.2 Å². The fourth-order valence-corrected chi connectivity index (χ4v) is 2.75. The molecule has 0 aliphatic rings. The number of thiazole rings is 1. The van der Waals surface area contributed by atoms with Crippen molar-refractivity contribution in [3.63, 3.8) is 0 Å². The summed E-state index contributed by atoms with van der Waals surface area (Å²) in [5.74, 6) is 0.671. The van der Waals surface area contributed by atoms with Crippen LogP contribution in [0.25, 0.3) is 22.6 Å². The molecule has 2 aromatic heterocycles. The molecule has 0 atom stereocenters. The minimum Gasteiger partial charge on any atom is -0.241 e. The van der Waals surface area contributed by atoms with Crippen LogP contribution in [0.5, 0.6) is 0 Å². The zero-order valence-electron chi connectivity index (χ0n) is 11.6. The van der Waals surface area contributed by atoms with Crippen molar-refractivity contribution in [3.05, 3.63) is 34.7 Å². The van der Waals surface area contributed by atoms with Crippen LogP contribution in [0.4, 0.5) is 0 Å². The minimum atomic E-state index is 0.0916. The highest BCUT2D eigenvalue weighted by molar-refractivity contribution is 7.10. The highest BCUT2D eigenvalue weighted by Gasteiger charge is 2.18. The molecule has 0 aliphatic heterocycles. The molecule has 0 unspecified atom stereocenters. The molecule has 1 aromatic carbocycles. The smallest absolute Gasteiger partial charge is 0.179 e. The molecule has 0 saturated heterocycles. The maximum atomic E-state index is 4.71. The monoisotopic (exact) mass is 285 g/mol. The standard InChI is InChI=1S/C14H15N5S/c1-14(2,3)13-15-11(8-20-13)9-4-6-10(7-5-9)12-16-18-19-17-12/h4-8H,1-3H3,(H,16,17,18,19). The summed E-state index contributed by atoms with van der Waals surface area (Å²) in [5, 5.41) is 17.1. The fraction of sp³-hybridized carbons (Fsp3) is 0.286. The van der Waals surface area contributed by atoms with Gasteiger partial charge in [-0.25, -0.2) is 10.1 Å². The van der Waals surface area contributed by atoms with Crippen LogP contribution in [-0.2, 0) is 5.41 Å². The Morgan fingerprint density at radius 1 is 1.05 bits per heavy atom. The average Bonchev–Trinajstić information content (AvgIpc) is 3.10. The molecule has 1 N–H and O–H groups in total. The summed E-state index contributed by atoms with van der Waals surface area (Å²) in [7, 11) is 0. The van der Waals surface area contributed by atoms with Crippen molar-refractivity contribution >= 4 is 11.3 Å². The molecule has 0 spiro atoms. The van der Waals surface area contributed by atoms with Crippen LogP contribution < -0.4 is 0 Å². The zero-order chi connectivity index (χ0) is 14.2. The Morgan fingerprint density at radius 3 is 2.30 bits per heavy atom. The van der Waals surface area contributed by atoms with Gasteiger partial charge in [-0.1, -0.05) is 45.0 Å². The van der Waals surface area contributed by atoms with Gasteiger partial charge < -0.3 is 0 Å². The lowest BCUT2D eigenvalue weighted by atomic mass is 9.98. The third-order valence-electron chi connectivity index (χ3n) is 2.95. The number of hydrogen-bond donors (Lipinski definition) is 1. The number of rotatable bonds is 2. The van der Waals surface area contributed by atoms with Crippen molar-refractivity contribution in [2.24, 2.45) is 0 Å². The molecule has 0 bridgehead atoms. The summed E-state index contributed by atoms with van der Waals surface area (Å²) in [6.45, 7) is 6.53. The molecular weight excluding hydrogens is 270 g/mol. The van der Waals surface area contributed by atoms with E-state index in [1.807, 2.05) is 24.3 Å². The molecule has 0 aliphatic carbocycles. The molecule has 102 valence electrons. The minimum absolute atomic E-state index is 0.0916. The molecule has 0 amide bonds. The SMILES string of the molecule is CC(C)(C)c1nc(-c2ccc(-c3nnn[nH]3)cc2)cs1. The van der Waals surface area contributed by atoms with E-state index >= 15 is 0 Å². The Hall–Kier alpha value is -2.08. The van der Waals surface area contributed by atoms with E-state index in [-0.39, 0.29) is 5.41 Å². The Bertz CT molecular complexity index is 692. The Kier molecular flexibility index (Phi) is 3.10. The van der Waals surface area contributed by atoms with Crippen molar-refractivity contribution in [2.75, 3.05) is 0 Å². The second-order valence-electron chi connectivity index (χ2n) is 5.62. The lowest BCUT2D eigenvalue weighted by Gasteiger charge is -2.13. The predicted octanol–water partition coefficient (Wildman–Crippen LogP) is 3.29. The van der Waals surface area contributed by atoms with Gasteiger partial charge in [0.05, 0.1) is 10.7 Å². The number of benzene rings is 1. The Morgan fingerprint density at radius 2 is 1.75 bits per heavy atom. The summed E-state index contributed by atoms with van der Waals surface area (Å²) in [4.78, 5) is 4.71. The third kappa shape index (κ3) is 2.46. The number of aromatic amines is 1. The normalized spacial score (nSPS) is 11.8. The molecule has 0 fully saturated rings. The number of tetrazole rings is 1. The summed E-state index contributed by atoms with van der Waals surface area (Å²) in [5.41, 5.74) is 3.18. The average molecular weight is 285 g/mol. The maximum absolute atomic E-state index is 4.71. The molecular formula is C14H15N5S. The van der Waals surface area contributed by atoms with Gasteiger partial charge in [0.25, 0.3) is 0 Å². The summed E-state index contributed by atoms with van der Waals surface area (Å²) in [6.07, 6.45) is 0. The van der Waals surface area contributed by atoms with Gasteiger partial charge in [-0.15, -0.1) is 16.4 Å². The molecule has 2 heterocycles. The fourth-order valence-electron chi connectivity index (χ4n) is 1.83. The van der Waals surface area contributed by atoms with E-state index in [1.165, 1.54) is 0 Å². The molecule has 0 radical (unpaired) electrons. The topological polar surface area (TPSA) is 67.3 Å². The first kappa shape index (κ1) is 12.9. The van der Waals surface area contributed by atoms with Crippen LogP contribution in [0.15, 0.2) is 29.6 Å². The van der Waals surface area contributed by atoms with Gasteiger partial charge in [0.1, 0.15) is 0 Å². The van der Waals surface area contributed by atoms with Crippen LogP contribution in [0.2, 0.25) is 0 Å². The van der Waals surface area contributed by atoms with Crippen molar-refractivity contribution in [3.8, 4) is 22.6 Å². The van der Waals surface area contributed by atoms with E-state index < -0.39 is 0 Å². The Balaban J connectivity index is 1.90. The molecule has 6 heteroatoms. The van der Waals surface area contributed by atoms with Gasteiger partial charge in [-0.05, 0) is 10.4 Å². The zero-order valence-corrected chi connectivity index (χ0v) is 12.4. The van der Waals surface area contributed by atoms with Gasteiger partial charge in [0.15, 0.2) is 5.82 Å². The maximum Gasteiger partial charge on any atom is 0.179 e. The van der Waals surface area contributed by atoms with Crippen molar-refractivity contribution in [1.29, 1.82) is 0 Å². The lowest BCUT2D eigenvalue weighted by Crippen LogP contribution is -2.10. The van der Waals surface area contributed by atoms with Gasteiger partial charge in [0, 0.05) is 21.9 Å². The molecule has 20 heavy (non-hydrogen) atoms. The first-order valence-corrected chi connectivity index (χ1v) is 7.22. The van der Waals surface area contributed by atoms with Crippen molar-refractivity contribution in [1.82, 2.24) is 25.6 Å². The number of nitrogens with one attached hydrogen (secondary N) is 1. The van der Waals surface area contributed by atoms with E-state index in [9.17, 15) is 0 Å². The highest BCUT2D eigenvalue weighted by Crippen LogP contribution is 2.30. The number of hydrogen-bond acceptors (Lipinski definition) is 5. The number of aromatic nitrogens is 5. The van der Waals surface area contributed by atoms with Gasteiger partial charge in [-0.3, -0.25) is 0 Å². The van der Waals surface area contributed by atoms with E-state index in [0.717, 1.165) is 21.8 Å². The second kappa shape index (κ2) is 4.79. The van der Waals surface area contributed by atoms with Crippen LogP contribution >= 0.6 is 11.3 Å².